The average molecular weight is 335 g/mol. The summed E-state index contributed by atoms with van der Waals surface area (Å²) in [7, 11) is 0. The van der Waals surface area contributed by atoms with Crippen LogP contribution in [0, 0.1) is 12.8 Å². The molecule has 3 unspecified atom stereocenters. The second-order valence-electron chi connectivity index (χ2n) is 6.52. The lowest BCUT2D eigenvalue weighted by atomic mass is 9.87. The van der Waals surface area contributed by atoms with Crippen molar-refractivity contribution in [3.8, 4) is 0 Å². The van der Waals surface area contributed by atoms with Crippen molar-refractivity contribution in [2.24, 2.45) is 5.92 Å². The average Bonchev–Trinajstić information content (AvgIpc) is 3.15. The van der Waals surface area contributed by atoms with Crippen molar-refractivity contribution in [3.05, 3.63) is 24.3 Å². The summed E-state index contributed by atoms with van der Waals surface area (Å²) in [6.45, 7) is 4.86. The highest BCUT2D eigenvalue weighted by Crippen LogP contribution is 2.35. The molecule has 0 amide bonds. The van der Waals surface area contributed by atoms with E-state index in [4.69, 9.17) is 0 Å². The van der Waals surface area contributed by atoms with E-state index in [0.29, 0.717) is 18.3 Å². The largest absolute Gasteiger partial charge is 0.390 e. The fourth-order valence-electron chi connectivity index (χ4n) is 3.35. The van der Waals surface area contributed by atoms with E-state index in [2.05, 4.69) is 26.8 Å². The number of nitrogens with zero attached hydrogens (tertiary/aromatic N) is 5. The van der Waals surface area contributed by atoms with Gasteiger partial charge in [0.05, 0.1) is 12.6 Å². The highest BCUT2D eigenvalue weighted by atomic mass is 32.2. The Morgan fingerprint density at radius 2 is 2.26 bits per heavy atom. The van der Waals surface area contributed by atoms with E-state index in [0.717, 1.165) is 16.9 Å². The molecule has 7 heteroatoms. The minimum absolute atomic E-state index is 0.448. The summed E-state index contributed by atoms with van der Waals surface area (Å²) in [5.41, 5.74) is 0. The van der Waals surface area contributed by atoms with Crippen LogP contribution in [0.5, 0.6) is 0 Å². The summed E-state index contributed by atoms with van der Waals surface area (Å²) in [6, 6.07) is 2.36. The van der Waals surface area contributed by atoms with Gasteiger partial charge < -0.3 is 9.67 Å². The van der Waals surface area contributed by atoms with Crippen LogP contribution < -0.4 is 0 Å². The Kier molecular flexibility index (Phi) is 5.38. The zero-order chi connectivity index (χ0) is 16.2. The van der Waals surface area contributed by atoms with Gasteiger partial charge in [-0.15, -0.1) is 10.2 Å². The van der Waals surface area contributed by atoms with Crippen LogP contribution in [0.25, 0.3) is 0 Å². The third-order valence-electron chi connectivity index (χ3n) is 4.47. The maximum Gasteiger partial charge on any atom is 0.191 e. The molecule has 1 aliphatic rings. The molecule has 1 N–H and O–H groups in total. The molecule has 126 valence electrons. The first-order valence-corrected chi connectivity index (χ1v) is 9.32. The molecule has 2 aromatic rings. The monoisotopic (exact) mass is 335 g/mol. The van der Waals surface area contributed by atoms with Crippen LogP contribution in [0.4, 0.5) is 0 Å². The van der Waals surface area contributed by atoms with E-state index >= 15 is 0 Å². The smallest absolute Gasteiger partial charge is 0.191 e. The standard InChI is InChI=1S/C16H25N5OS/c1-12-5-3-6-14(9-12)21-13(2)18-19-16(21)23-11-15(22)10-20-8-4-7-17-20/h4,7-8,12,14-15,22H,3,5-6,9-11H2,1-2H3. The van der Waals surface area contributed by atoms with Crippen molar-refractivity contribution in [1.82, 2.24) is 24.5 Å². The number of aromatic nitrogens is 5. The zero-order valence-electron chi connectivity index (χ0n) is 13.8. The fraction of sp³-hybridized carbons (Fsp3) is 0.688. The Morgan fingerprint density at radius 3 is 3.00 bits per heavy atom. The number of aliphatic hydroxyl groups is 1. The first-order chi connectivity index (χ1) is 11.1. The molecule has 0 spiro atoms. The predicted molar refractivity (Wildman–Crippen MR) is 90.4 cm³/mol. The molecule has 0 bridgehead atoms. The Hall–Kier alpha value is -1.34. The van der Waals surface area contributed by atoms with Crippen LogP contribution >= 0.6 is 11.8 Å². The Morgan fingerprint density at radius 1 is 1.39 bits per heavy atom. The number of hydrogen-bond donors (Lipinski definition) is 1. The summed E-state index contributed by atoms with van der Waals surface area (Å²) in [5.74, 6) is 2.34. The molecule has 2 aromatic heterocycles. The van der Waals surface area contributed by atoms with Gasteiger partial charge in [-0.1, -0.05) is 31.5 Å². The summed E-state index contributed by atoms with van der Waals surface area (Å²) in [4.78, 5) is 0. The van der Waals surface area contributed by atoms with Gasteiger partial charge in [0.2, 0.25) is 0 Å². The van der Waals surface area contributed by atoms with Gasteiger partial charge in [0.25, 0.3) is 0 Å². The van der Waals surface area contributed by atoms with E-state index in [-0.39, 0.29) is 0 Å². The lowest BCUT2D eigenvalue weighted by Gasteiger charge is -2.29. The summed E-state index contributed by atoms with van der Waals surface area (Å²) < 4.78 is 4.03. The van der Waals surface area contributed by atoms with Crippen LogP contribution in [0.3, 0.4) is 0 Å². The van der Waals surface area contributed by atoms with Crippen molar-refractivity contribution in [2.45, 2.75) is 63.4 Å². The van der Waals surface area contributed by atoms with Crippen molar-refractivity contribution in [1.29, 1.82) is 0 Å². The van der Waals surface area contributed by atoms with Crippen LogP contribution in [0.2, 0.25) is 0 Å². The van der Waals surface area contributed by atoms with Crippen molar-refractivity contribution in [3.63, 3.8) is 0 Å². The third kappa shape index (κ3) is 4.14. The fourth-order valence-corrected chi connectivity index (χ4v) is 4.32. The van der Waals surface area contributed by atoms with Crippen molar-refractivity contribution >= 4 is 11.8 Å². The van der Waals surface area contributed by atoms with Gasteiger partial charge in [-0.2, -0.15) is 5.10 Å². The van der Waals surface area contributed by atoms with E-state index < -0.39 is 6.10 Å². The number of hydrogen-bond acceptors (Lipinski definition) is 5. The van der Waals surface area contributed by atoms with Gasteiger partial charge in [-0.25, -0.2) is 0 Å². The minimum atomic E-state index is -0.448. The van der Waals surface area contributed by atoms with E-state index in [9.17, 15) is 5.11 Å². The topological polar surface area (TPSA) is 68.8 Å². The number of thioether (sulfide) groups is 1. The highest BCUT2D eigenvalue weighted by Gasteiger charge is 2.24. The third-order valence-corrected chi connectivity index (χ3v) is 5.56. The minimum Gasteiger partial charge on any atom is -0.390 e. The molecule has 23 heavy (non-hydrogen) atoms. The molecule has 3 rings (SSSR count). The van der Waals surface area contributed by atoms with Gasteiger partial charge in [0, 0.05) is 24.2 Å². The zero-order valence-corrected chi connectivity index (χ0v) is 14.6. The normalized spacial score (nSPS) is 23.1. The maximum atomic E-state index is 10.2. The molecule has 3 atom stereocenters. The number of aliphatic hydroxyl groups excluding tert-OH is 1. The number of aryl methyl sites for hydroxylation is 1. The van der Waals surface area contributed by atoms with E-state index in [1.165, 1.54) is 25.7 Å². The molecule has 0 radical (unpaired) electrons. The van der Waals surface area contributed by atoms with Gasteiger partial charge in [-0.3, -0.25) is 4.68 Å². The molecule has 0 aliphatic heterocycles. The van der Waals surface area contributed by atoms with Crippen LogP contribution in [-0.2, 0) is 6.54 Å². The van der Waals surface area contributed by atoms with E-state index in [1.54, 1.807) is 22.6 Å². The second-order valence-corrected chi connectivity index (χ2v) is 7.51. The van der Waals surface area contributed by atoms with Crippen LogP contribution in [0.15, 0.2) is 23.6 Å². The molecule has 1 aliphatic carbocycles. The quantitative estimate of drug-likeness (QED) is 0.822. The lowest BCUT2D eigenvalue weighted by Crippen LogP contribution is -2.21. The van der Waals surface area contributed by atoms with Gasteiger partial charge in [-0.05, 0) is 31.7 Å². The first-order valence-electron chi connectivity index (χ1n) is 8.33. The van der Waals surface area contributed by atoms with Crippen LogP contribution in [0.1, 0.15) is 44.5 Å². The Labute approximate surface area is 141 Å². The highest BCUT2D eigenvalue weighted by molar-refractivity contribution is 7.99. The van der Waals surface area contributed by atoms with E-state index in [1.807, 2.05) is 19.2 Å². The molecule has 0 saturated heterocycles. The van der Waals surface area contributed by atoms with Gasteiger partial charge in [0.15, 0.2) is 5.16 Å². The maximum absolute atomic E-state index is 10.2. The molecular formula is C16H25N5OS. The summed E-state index contributed by atoms with van der Waals surface area (Å²) in [6.07, 6.45) is 8.14. The lowest BCUT2D eigenvalue weighted by molar-refractivity contribution is 0.172. The molecule has 1 saturated carbocycles. The number of rotatable bonds is 6. The second kappa shape index (κ2) is 7.49. The van der Waals surface area contributed by atoms with Crippen LogP contribution in [-0.4, -0.2) is 41.5 Å². The molecule has 0 aromatic carbocycles. The Balaban J connectivity index is 1.62. The van der Waals surface area contributed by atoms with Crippen molar-refractivity contribution in [2.75, 3.05) is 5.75 Å². The molecule has 2 heterocycles. The molecular weight excluding hydrogens is 310 g/mol. The van der Waals surface area contributed by atoms with Gasteiger partial charge >= 0.3 is 0 Å². The Bertz CT molecular complexity index is 612. The summed E-state index contributed by atoms with van der Waals surface area (Å²) >= 11 is 1.59. The summed E-state index contributed by atoms with van der Waals surface area (Å²) in [5, 5.41) is 23.8. The first kappa shape index (κ1) is 16.5. The van der Waals surface area contributed by atoms with Crippen molar-refractivity contribution < 1.29 is 5.11 Å². The molecule has 1 fully saturated rings. The van der Waals surface area contributed by atoms with Gasteiger partial charge in [0.1, 0.15) is 5.82 Å². The molecule has 6 nitrogen and oxygen atoms in total. The predicted octanol–water partition coefficient (Wildman–Crippen LogP) is 2.69. The SMILES string of the molecule is Cc1nnc(SCC(O)Cn2cccn2)n1C1CCCC(C)C1.